The van der Waals surface area contributed by atoms with Crippen molar-refractivity contribution in [3.05, 3.63) is 41.2 Å². The third-order valence-electron chi connectivity index (χ3n) is 4.00. The molecule has 2 N–H and O–H groups in total. The molecule has 3 heterocycles. The lowest BCUT2D eigenvalue weighted by atomic mass is 9.99. The highest BCUT2D eigenvalue weighted by Crippen LogP contribution is 2.29. The molecule has 1 aliphatic rings. The predicted octanol–water partition coefficient (Wildman–Crippen LogP) is 1.92. The largest absolute Gasteiger partial charge is 0.466 e. The lowest BCUT2D eigenvalue weighted by Gasteiger charge is -2.18. The van der Waals surface area contributed by atoms with Crippen molar-refractivity contribution in [1.82, 2.24) is 10.2 Å². The number of esters is 1. The Labute approximate surface area is 158 Å². The SMILES string of the molecule is CCOC(=O)c1ccsc1NC(=O)CN1C(=O)NC(C)(c2ccco2)C1=O. The van der Waals surface area contributed by atoms with E-state index in [0.29, 0.717) is 5.00 Å². The van der Waals surface area contributed by atoms with Crippen LogP contribution in [0.2, 0.25) is 0 Å². The van der Waals surface area contributed by atoms with E-state index in [2.05, 4.69) is 10.6 Å². The fourth-order valence-corrected chi connectivity index (χ4v) is 3.45. The summed E-state index contributed by atoms with van der Waals surface area (Å²) in [5.41, 5.74) is -1.16. The van der Waals surface area contributed by atoms with Crippen molar-refractivity contribution in [3.63, 3.8) is 0 Å². The summed E-state index contributed by atoms with van der Waals surface area (Å²) >= 11 is 1.14. The molecule has 142 valence electrons. The number of amides is 4. The van der Waals surface area contributed by atoms with Crippen LogP contribution in [0.15, 0.2) is 34.3 Å². The molecule has 0 aromatic carbocycles. The van der Waals surface area contributed by atoms with Crippen LogP contribution in [0.5, 0.6) is 0 Å². The van der Waals surface area contributed by atoms with E-state index in [9.17, 15) is 19.2 Å². The van der Waals surface area contributed by atoms with Gasteiger partial charge in [0.25, 0.3) is 5.91 Å². The average molecular weight is 391 g/mol. The molecule has 1 saturated heterocycles. The molecule has 0 spiro atoms. The monoisotopic (exact) mass is 391 g/mol. The van der Waals surface area contributed by atoms with Crippen LogP contribution in [0, 0.1) is 0 Å². The Morgan fingerprint density at radius 3 is 2.81 bits per heavy atom. The summed E-state index contributed by atoms with van der Waals surface area (Å²) in [6.07, 6.45) is 1.39. The maximum absolute atomic E-state index is 12.7. The number of carbonyl (C=O) groups is 4. The molecule has 0 radical (unpaired) electrons. The molecule has 10 heteroatoms. The minimum absolute atomic E-state index is 0.204. The molecule has 4 amide bonds. The third kappa shape index (κ3) is 3.43. The first kappa shape index (κ1) is 18.6. The minimum atomic E-state index is -1.38. The van der Waals surface area contributed by atoms with Gasteiger partial charge in [0.2, 0.25) is 5.91 Å². The number of furan rings is 1. The summed E-state index contributed by atoms with van der Waals surface area (Å²) in [4.78, 5) is 49.9. The Bertz CT molecular complexity index is 890. The van der Waals surface area contributed by atoms with E-state index in [4.69, 9.17) is 9.15 Å². The zero-order valence-corrected chi connectivity index (χ0v) is 15.4. The number of urea groups is 1. The second-order valence-corrected chi connectivity index (χ2v) is 6.77. The van der Waals surface area contributed by atoms with Gasteiger partial charge in [0.1, 0.15) is 17.3 Å². The van der Waals surface area contributed by atoms with Gasteiger partial charge >= 0.3 is 12.0 Å². The number of hydrogen-bond acceptors (Lipinski definition) is 7. The van der Waals surface area contributed by atoms with Crippen LogP contribution in [0.3, 0.4) is 0 Å². The summed E-state index contributed by atoms with van der Waals surface area (Å²) in [5, 5.41) is 7.00. The molecule has 1 aliphatic heterocycles. The Balaban J connectivity index is 1.70. The van der Waals surface area contributed by atoms with E-state index < -0.39 is 35.9 Å². The van der Waals surface area contributed by atoms with Gasteiger partial charge in [-0.25, -0.2) is 9.59 Å². The number of imide groups is 1. The Morgan fingerprint density at radius 1 is 1.37 bits per heavy atom. The van der Waals surface area contributed by atoms with Gasteiger partial charge in [-0.2, -0.15) is 0 Å². The first-order valence-electron chi connectivity index (χ1n) is 8.09. The summed E-state index contributed by atoms with van der Waals surface area (Å²) in [6, 6.07) is 3.99. The maximum Gasteiger partial charge on any atom is 0.341 e. The molecule has 27 heavy (non-hydrogen) atoms. The van der Waals surface area contributed by atoms with E-state index in [1.807, 2.05) is 0 Å². The molecule has 1 unspecified atom stereocenters. The van der Waals surface area contributed by atoms with E-state index in [-0.39, 0.29) is 17.9 Å². The van der Waals surface area contributed by atoms with Crippen molar-refractivity contribution in [1.29, 1.82) is 0 Å². The van der Waals surface area contributed by atoms with Crippen molar-refractivity contribution in [2.45, 2.75) is 19.4 Å². The standard InChI is InChI=1S/C17H17N3O6S/c1-3-25-14(22)10-6-8-27-13(10)18-12(21)9-20-15(23)17(2,19-16(20)24)11-5-4-7-26-11/h4-8H,3,9H2,1-2H3,(H,18,21)(H,19,24). The fraction of sp³-hybridized carbons (Fsp3) is 0.294. The number of ether oxygens (including phenoxy) is 1. The fourth-order valence-electron chi connectivity index (χ4n) is 2.66. The van der Waals surface area contributed by atoms with Crippen molar-refractivity contribution in [3.8, 4) is 0 Å². The molecule has 2 aromatic rings. The van der Waals surface area contributed by atoms with Gasteiger partial charge in [-0.05, 0) is 37.4 Å². The average Bonchev–Trinajstić information content (AvgIpc) is 3.34. The number of nitrogens with one attached hydrogen (secondary N) is 2. The van der Waals surface area contributed by atoms with E-state index in [0.717, 1.165) is 16.2 Å². The normalized spacial score (nSPS) is 19.1. The van der Waals surface area contributed by atoms with Crippen molar-refractivity contribution in [2.75, 3.05) is 18.5 Å². The molecule has 1 atom stereocenters. The van der Waals surface area contributed by atoms with E-state index in [1.54, 1.807) is 24.4 Å². The van der Waals surface area contributed by atoms with E-state index >= 15 is 0 Å². The van der Waals surface area contributed by atoms with Crippen molar-refractivity contribution < 1.29 is 28.3 Å². The second-order valence-electron chi connectivity index (χ2n) is 5.86. The van der Waals surface area contributed by atoms with Crippen LogP contribution in [-0.2, 0) is 19.9 Å². The zero-order valence-electron chi connectivity index (χ0n) is 14.6. The number of nitrogens with zero attached hydrogens (tertiary/aromatic N) is 1. The van der Waals surface area contributed by atoms with Crippen LogP contribution in [0.1, 0.15) is 30.0 Å². The third-order valence-corrected chi connectivity index (χ3v) is 4.83. The molecular formula is C17H17N3O6S. The summed E-state index contributed by atoms with van der Waals surface area (Å²) < 4.78 is 10.2. The highest BCUT2D eigenvalue weighted by atomic mass is 32.1. The van der Waals surface area contributed by atoms with Crippen LogP contribution in [0.4, 0.5) is 9.80 Å². The minimum Gasteiger partial charge on any atom is -0.466 e. The van der Waals surface area contributed by atoms with Crippen molar-refractivity contribution >= 4 is 40.2 Å². The summed E-state index contributed by atoms with van der Waals surface area (Å²) in [6.45, 7) is 2.88. The van der Waals surface area contributed by atoms with Crippen LogP contribution in [0.25, 0.3) is 0 Å². The first-order chi connectivity index (χ1) is 12.9. The number of hydrogen-bond donors (Lipinski definition) is 2. The van der Waals surface area contributed by atoms with Crippen LogP contribution >= 0.6 is 11.3 Å². The first-order valence-corrected chi connectivity index (χ1v) is 8.97. The van der Waals surface area contributed by atoms with Gasteiger partial charge in [-0.15, -0.1) is 11.3 Å². The van der Waals surface area contributed by atoms with E-state index in [1.165, 1.54) is 19.3 Å². The molecular weight excluding hydrogens is 374 g/mol. The second kappa shape index (κ2) is 7.23. The predicted molar refractivity (Wildman–Crippen MR) is 95.2 cm³/mol. The van der Waals surface area contributed by atoms with Gasteiger partial charge in [0.15, 0.2) is 5.54 Å². The molecule has 9 nitrogen and oxygen atoms in total. The molecule has 1 fully saturated rings. The van der Waals surface area contributed by atoms with Crippen LogP contribution < -0.4 is 10.6 Å². The number of anilines is 1. The van der Waals surface area contributed by atoms with Crippen molar-refractivity contribution in [2.24, 2.45) is 0 Å². The molecule has 0 bridgehead atoms. The topological polar surface area (TPSA) is 118 Å². The van der Waals surface area contributed by atoms with Gasteiger partial charge in [0.05, 0.1) is 18.4 Å². The lowest BCUT2D eigenvalue weighted by molar-refractivity contribution is -0.134. The molecule has 2 aromatic heterocycles. The Kier molecular flexibility index (Phi) is 5.00. The number of carbonyl (C=O) groups excluding carboxylic acids is 4. The Morgan fingerprint density at radius 2 is 2.15 bits per heavy atom. The van der Waals surface area contributed by atoms with Gasteiger partial charge in [-0.1, -0.05) is 0 Å². The highest BCUT2D eigenvalue weighted by Gasteiger charge is 2.51. The quantitative estimate of drug-likeness (QED) is 0.574. The highest BCUT2D eigenvalue weighted by molar-refractivity contribution is 7.14. The van der Waals surface area contributed by atoms with Gasteiger partial charge < -0.3 is 19.8 Å². The van der Waals surface area contributed by atoms with Gasteiger partial charge in [0, 0.05) is 0 Å². The maximum atomic E-state index is 12.7. The lowest BCUT2D eigenvalue weighted by Crippen LogP contribution is -2.41. The number of thiophene rings is 1. The van der Waals surface area contributed by atoms with Crippen LogP contribution in [-0.4, -0.2) is 41.9 Å². The summed E-state index contributed by atoms with van der Waals surface area (Å²) in [7, 11) is 0. The number of rotatable bonds is 6. The molecule has 0 aliphatic carbocycles. The molecule has 3 rings (SSSR count). The Hall–Kier alpha value is -3.14. The van der Waals surface area contributed by atoms with Gasteiger partial charge in [-0.3, -0.25) is 14.5 Å². The summed E-state index contributed by atoms with van der Waals surface area (Å²) in [5.74, 6) is -1.51. The smallest absolute Gasteiger partial charge is 0.341 e. The zero-order chi connectivity index (χ0) is 19.6. The molecule has 0 saturated carbocycles.